The van der Waals surface area contributed by atoms with E-state index in [1.165, 1.54) is 25.7 Å². The first kappa shape index (κ1) is 5.52. The average Bonchev–Trinajstić information content (AvgIpc) is 1.90. The first-order valence-electron chi connectivity index (χ1n) is 4.04. The van der Waals surface area contributed by atoms with Gasteiger partial charge in [0.2, 0.25) is 0 Å². The highest BCUT2D eigenvalue weighted by Crippen LogP contribution is 2.39. The molecule has 2 bridgehead atoms. The Morgan fingerprint density at radius 3 is 2.11 bits per heavy atom. The minimum Gasteiger partial charge on any atom is -0.0822 e. The second-order valence-corrected chi connectivity index (χ2v) is 3.52. The van der Waals surface area contributed by atoms with Crippen LogP contribution in [0.15, 0.2) is 11.6 Å². The summed E-state index contributed by atoms with van der Waals surface area (Å²) in [6, 6.07) is 0. The Labute approximate surface area is 57.0 Å². The molecular weight excluding hydrogens is 108 g/mol. The van der Waals surface area contributed by atoms with E-state index in [0.717, 1.165) is 11.8 Å². The maximum atomic E-state index is 2.50. The van der Waals surface area contributed by atoms with Gasteiger partial charge in [0.1, 0.15) is 0 Å². The van der Waals surface area contributed by atoms with Crippen LogP contribution in [0, 0.1) is 11.8 Å². The summed E-state index contributed by atoms with van der Waals surface area (Å²) in [4.78, 5) is 0. The van der Waals surface area contributed by atoms with Crippen molar-refractivity contribution in [2.45, 2.75) is 32.6 Å². The Bertz CT molecular complexity index is 136. The molecule has 0 nitrogen and oxygen atoms in total. The Kier molecular flexibility index (Phi) is 1.14. The molecule has 0 saturated heterocycles. The fraction of sp³-hybridized carbons (Fsp3) is 0.778. The van der Waals surface area contributed by atoms with Crippen molar-refractivity contribution in [2.75, 3.05) is 0 Å². The largest absolute Gasteiger partial charge is 0.0822 e. The molecule has 0 heteroatoms. The number of allylic oxidation sites excluding steroid dienone is 2. The fourth-order valence-electron chi connectivity index (χ4n) is 2.25. The molecule has 0 radical (unpaired) electrons. The van der Waals surface area contributed by atoms with Crippen LogP contribution >= 0.6 is 0 Å². The zero-order valence-corrected chi connectivity index (χ0v) is 6.06. The summed E-state index contributed by atoms with van der Waals surface area (Å²) >= 11 is 0. The number of hydrogen-bond acceptors (Lipinski definition) is 0. The van der Waals surface area contributed by atoms with Crippen molar-refractivity contribution in [1.29, 1.82) is 0 Å². The summed E-state index contributed by atoms with van der Waals surface area (Å²) in [5, 5.41) is 0. The Morgan fingerprint density at radius 1 is 1.22 bits per heavy atom. The highest BCUT2D eigenvalue weighted by Gasteiger charge is 2.25. The van der Waals surface area contributed by atoms with Gasteiger partial charge < -0.3 is 0 Å². The van der Waals surface area contributed by atoms with Crippen LogP contribution in [0.4, 0.5) is 0 Å². The van der Waals surface area contributed by atoms with E-state index in [4.69, 9.17) is 0 Å². The van der Waals surface area contributed by atoms with Gasteiger partial charge in [0, 0.05) is 0 Å². The van der Waals surface area contributed by atoms with E-state index in [2.05, 4.69) is 13.0 Å². The van der Waals surface area contributed by atoms with Gasteiger partial charge in [-0.2, -0.15) is 0 Å². The lowest BCUT2D eigenvalue weighted by molar-refractivity contribution is 0.312. The van der Waals surface area contributed by atoms with E-state index < -0.39 is 0 Å². The SMILES string of the molecule is CC1=CC2CCC1CC2. The molecule has 1 saturated carbocycles. The van der Waals surface area contributed by atoms with Gasteiger partial charge in [0.15, 0.2) is 0 Å². The van der Waals surface area contributed by atoms with E-state index in [0.29, 0.717) is 0 Å². The predicted molar refractivity (Wildman–Crippen MR) is 39.2 cm³/mol. The summed E-state index contributed by atoms with van der Waals surface area (Å²) < 4.78 is 0. The smallest absolute Gasteiger partial charge is 0.0205 e. The summed E-state index contributed by atoms with van der Waals surface area (Å²) in [5.41, 5.74) is 1.68. The first-order chi connectivity index (χ1) is 4.36. The second-order valence-electron chi connectivity index (χ2n) is 3.52. The van der Waals surface area contributed by atoms with Crippen LogP contribution in [0.2, 0.25) is 0 Å². The first-order valence-corrected chi connectivity index (χ1v) is 4.04. The van der Waals surface area contributed by atoms with E-state index in [1.807, 2.05) is 0 Å². The minimum absolute atomic E-state index is 0.968. The molecule has 0 aliphatic heterocycles. The summed E-state index contributed by atoms with van der Waals surface area (Å²) in [7, 11) is 0. The minimum atomic E-state index is 0.968. The zero-order chi connectivity index (χ0) is 6.27. The maximum absolute atomic E-state index is 2.50. The zero-order valence-electron chi connectivity index (χ0n) is 6.06. The molecule has 3 rings (SSSR count). The highest BCUT2D eigenvalue weighted by molar-refractivity contribution is 5.13. The molecule has 0 atom stereocenters. The van der Waals surface area contributed by atoms with Crippen LogP contribution in [-0.2, 0) is 0 Å². The number of fused-ring (bicyclic) bond motifs is 2. The van der Waals surface area contributed by atoms with E-state index >= 15 is 0 Å². The van der Waals surface area contributed by atoms with Crippen LogP contribution < -0.4 is 0 Å². The van der Waals surface area contributed by atoms with Crippen LogP contribution in [-0.4, -0.2) is 0 Å². The van der Waals surface area contributed by atoms with E-state index in [1.54, 1.807) is 5.57 Å². The molecule has 0 aromatic carbocycles. The summed E-state index contributed by atoms with van der Waals surface area (Å²) in [5.74, 6) is 1.95. The molecular formula is C9H14. The lowest BCUT2D eigenvalue weighted by atomic mass is 9.72. The molecule has 0 heterocycles. The Balaban J connectivity index is 2.25. The third kappa shape index (κ3) is 0.810. The monoisotopic (exact) mass is 122 g/mol. The van der Waals surface area contributed by atoms with Gasteiger partial charge in [0.25, 0.3) is 0 Å². The van der Waals surface area contributed by atoms with Crippen LogP contribution in [0.25, 0.3) is 0 Å². The van der Waals surface area contributed by atoms with Gasteiger partial charge in [-0.15, -0.1) is 0 Å². The molecule has 3 aliphatic rings. The van der Waals surface area contributed by atoms with Gasteiger partial charge in [-0.3, -0.25) is 0 Å². The maximum Gasteiger partial charge on any atom is -0.0205 e. The van der Waals surface area contributed by atoms with Crippen molar-refractivity contribution in [3.05, 3.63) is 11.6 Å². The Morgan fingerprint density at radius 2 is 1.89 bits per heavy atom. The molecule has 9 heavy (non-hydrogen) atoms. The average molecular weight is 122 g/mol. The molecule has 3 aliphatic carbocycles. The fourth-order valence-corrected chi connectivity index (χ4v) is 2.25. The highest BCUT2D eigenvalue weighted by atomic mass is 14.3. The number of rotatable bonds is 0. The van der Waals surface area contributed by atoms with Crippen molar-refractivity contribution in [3.8, 4) is 0 Å². The van der Waals surface area contributed by atoms with Gasteiger partial charge in [-0.05, 0) is 44.4 Å². The van der Waals surface area contributed by atoms with Crippen molar-refractivity contribution in [3.63, 3.8) is 0 Å². The van der Waals surface area contributed by atoms with Gasteiger partial charge >= 0.3 is 0 Å². The van der Waals surface area contributed by atoms with E-state index in [9.17, 15) is 0 Å². The summed E-state index contributed by atoms with van der Waals surface area (Å²) in [6.45, 7) is 2.30. The normalized spacial score (nSPS) is 40.8. The molecule has 0 unspecified atom stereocenters. The van der Waals surface area contributed by atoms with Crippen molar-refractivity contribution in [1.82, 2.24) is 0 Å². The topological polar surface area (TPSA) is 0 Å². The third-order valence-corrected chi connectivity index (χ3v) is 2.91. The molecule has 0 aromatic rings. The van der Waals surface area contributed by atoms with Gasteiger partial charge in [-0.25, -0.2) is 0 Å². The molecule has 1 fully saturated rings. The Hall–Kier alpha value is -0.260. The van der Waals surface area contributed by atoms with Crippen LogP contribution in [0.1, 0.15) is 32.6 Å². The van der Waals surface area contributed by atoms with Crippen molar-refractivity contribution < 1.29 is 0 Å². The lowest BCUT2D eigenvalue weighted by Crippen LogP contribution is -2.20. The predicted octanol–water partition coefficient (Wildman–Crippen LogP) is 2.75. The van der Waals surface area contributed by atoms with Crippen LogP contribution in [0.5, 0.6) is 0 Å². The lowest BCUT2D eigenvalue weighted by Gasteiger charge is -2.33. The summed E-state index contributed by atoms with van der Waals surface area (Å²) in [6.07, 6.45) is 8.40. The van der Waals surface area contributed by atoms with Crippen molar-refractivity contribution in [2.24, 2.45) is 11.8 Å². The van der Waals surface area contributed by atoms with E-state index in [-0.39, 0.29) is 0 Å². The molecule has 0 spiro atoms. The number of hydrogen-bond donors (Lipinski definition) is 0. The van der Waals surface area contributed by atoms with Crippen molar-refractivity contribution >= 4 is 0 Å². The van der Waals surface area contributed by atoms with Crippen LogP contribution in [0.3, 0.4) is 0 Å². The standard InChI is InChI=1S/C9H14/c1-7-6-8-2-4-9(7)5-3-8/h6,8-9H,2-5H2,1H3. The van der Waals surface area contributed by atoms with Gasteiger partial charge in [0.05, 0.1) is 0 Å². The molecule has 50 valence electrons. The molecule has 0 amide bonds. The second kappa shape index (κ2) is 1.86. The quantitative estimate of drug-likeness (QED) is 0.433. The molecule has 0 N–H and O–H groups in total. The van der Waals surface area contributed by atoms with Gasteiger partial charge in [-0.1, -0.05) is 11.6 Å². The third-order valence-electron chi connectivity index (χ3n) is 2.91. The molecule has 0 aromatic heterocycles.